The lowest BCUT2D eigenvalue weighted by Crippen LogP contribution is -2.22. The molecule has 6 heteroatoms. The first-order chi connectivity index (χ1) is 6.70. The zero-order valence-corrected chi connectivity index (χ0v) is 9.06. The Morgan fingerprint density at radius 2 is 2.21 bits per heavy atom. The molecule has 0 saturated carbocycles. The molecule has 0 saturated heterocycles. The third kappa shape index (κ3) is 2.27. The van der Waals surface area contributed by atoms with E-state index >= 15 is 0 Å². The molecule has 6 nitrogen and oxygen atoms in total. The van der Waals surface area contributed by atoms with Gasteiger partial charge >= 0.3 is 0 Å². The van der Waals surface area contributed by atoms with Gasteiger partial charge in [-0.2, -0.15) is 0 Å². The number of tetrazole rings is 1. The SMILES string of the molecule is CNC(C)c1nnnn1C(C)COC. The van der Waals surface area contributed by atoms with Gasteiger partial charge < -0.3 is 10.1 Å². The quantitative estimate of drug-likeness (QED) is 0.732. The van der Waals surface area contributed by atoms with Gasteiger partial charge in [-0.1, -0.05) is 0 Å². The molecule has 2 atom stereocenters. The van der Waals surface area contributed by atoms with E-state index in [0.29, 0.717) is 6.61 Å². The van der Waals surface area contributed by atoms with Gasteiger partial charge in [0.2, 0.25) is 0 Å². The molecule has 14 heavy (non-hydrogen) atoms. The number of aromatic nitrogens is 4. The first-order valence-corrected chi connectivity index (χ1v) is 4.64. The molecule has 0 aliphatic rings. The number of hydrogen-bond donors (Lipinski definition) is 1. The van der Waals surface area contributed by atoms with Gasteiger partial charge in [-0.15, -0.1) is 5.10 Å². The summed E-state index contributed by atoms with van der Waals surface area (Å²) >= 11 is 0. The molecule has 0 aliphatic heterocycles. The fraction of sp³-hybridized carbons (Fsp3) is 0.875. The van der Waals surface area contributed by atoms with Crippen LogP contribution >= 0.6 is 0 Å². The van der Waals surface area contributed by atoms with E-state index in [1.54, 1.807) is 11.8 Å². The highest BCUT2D eigenvalue weighted by molar-refractivity contribution is 4.90. The molecule has 1 rings (SSSR count). The van der Waals surface area contributed by atoms with Crippen molar-refractivity contribution in [3.63, 3.8) is 0 Å². The zero-order chi connectivity index (χ0) is 10.6. The Morgan fingerprint density at radius 3 is 2.79 bits per heavy atom. The van der Waals surface area contributed by atoms with Crippen LogP contribution in [0.4, 0.5) is 0 Å². The number of nitrogens with one attached hydrogen (secondary N) is 1. The predicted molar refractivity (Wildman–Crippen MR) is 51.9 cm³/mol. The maximum atomic E-state index is 5.06. The number of rotatable bonds is 5. The molecule has 0 aromatic carbocycles. The fourth-order valence-electron chi connectivity index (χ4n) is 1.24. The molecule has 0 radical (unpaired) electrons. The third-order valence-corrected chi connectivity index (χ3v) is 2.16. The normalized spacial score (nSPS) is 15.4. The summed E-state index contributed by atoms with van der Waals surface area (Å²) in [5, 5.41) is 14.7. The Bertz CT molecular complexity index is 274. The topological polar surface area (TPSA) is 64.9 Å². The van der Waals surface area contributed by atoms with Crippen molar-refractivity contribution in [2.45, 2.75) is 25.9 Å². The van der Waals surface area contributed by atoms with Gasteiger partial charge in [-0.3, -0.25) is 0 Å². The monoisotopic (exact) mass is 199 g/mol. The maximum absolute atomic E-state index is 5.06. The minimum absolute atomic E-state index is 0.143. The molecular weight excluding hydrogens is 182 g/mol. The highest BCUT2D eigenvalue weighted by atomic mass is 16.5. The first kappa shape index (κ1) is 11.1. The van der Waals surface area contributed by atoms with Crippen LogP contribution in [-0.4, -0.2) is 41.0 Å². The fourth-order valence-corrected chi connectivity index (χ4v) is 1.24. The van der Waals surface area contributed by atoms with Crippen molar-refractivity contribution in [3.8, 4) is 0 Å². The molecule has 0 spiro atoms. The first-order valence-electron chi connectivity index (χ1n) is 4.64. The van der Waals surface area contributed by atoms with E-state index in [-0.39, 0.29) is 12.1 Å². The highest BCUT2D eigenvalue weighted by Crippen LogP contribution is 2.12. The average Bonchev–Trinajstić information content (AvgIpc) is 2.65. The second-order valence-corrected chi connectivity index (χ2v) is 3.30. The maximum Gasteiger partial charge on any atom is 0.168 e. The molecule has 0 aliphatic carbocycles. The molecule has 1 heterocycles. The molecule has 1 aromatic heterocycles. The van der Waals surface area contributed by atoms with Crippen molar-refractivity contribution in [1.82, 2.24) is 25.5 Å². The number of nitrogens with zero attached hydrogens (tertiary/aromatic N) is 4. The van der Waals surface area contributed by atoms with Crippen molar-refractivity contribution in [1.29, 1.82) is 0 Å². The van der Waals surface area contributed by atoms with E-state index in [1.165, 1.54) is 0 Å². The van der Waals surface area contributed by atoms with E-state index in [2.05, 4.69) is 20.8 Å². The van der Waals surface area contributed by atoms with Crippen LogP contribution in [0.25, 0.3) is 0 Å². The molecule has 0 fully saturated rings. The summed E-state index contributed by atoms with van der Waals surface area (Å²) in [4.78, 5) is 0. The van der Waals surface area contributed by atoms with Gasteiger partial charge in [0.1, 0.15) is 0 Å². The van der Waals surface area contributed by atoms with Crippen molar-refractivity contribution in [2.24, 2.45) is 0 Å². The van der Waals surface area contributed by atoms with Crippen LogP contribution in [0.5, 0.6) is 0 Å². The van der Waals surface area contributed by atoms with Crippen molar-refractivity contribution in [3.05, 3.63) is 5.82 Å². The zero-order valence-electron chi connectivity index (χ0n) is 9.06. The van der Waals surface area contributed by atoms with Crippen LogP contribution in [0.2, 0.25) is 0 Å². The Balaban J connectivity index is 2.81. The largest absolute Gasteiger partial charge is 0.382 e. The Labute approximate surface area is 83.6 Å². The molecule has 0 amide bonds. The molecular formula is C8H17N5O. The lowest BCUT2D eigenvalue weighted by Gasteiger charge is -2.15. The minimum Gasteiger partial charge on any atom is -0.382 e. The van der Waals surface area contributed by atoms with Gasteiger partial charge in [0.25, 0.3) is 0 Å². The smallest absolute Gasteiger partial charge is 0.168 e. The van der Waals surface area contributed by atoms with Crippen LogP contribution in [0.1, 0.15) is 31.8 Å². The summed E-state index contributed by atoms with van der Waals surface area (Å²) in [6.07, 6.45) is 0. The number of ether oxygens (including phenoxy) is 1. The van der Waals surface area contributed by atoms with E-state index in [4.69, 9.17) is 4.74 Å². The third-order valence-electron chi connectivity index (χ3n) is 2.16. The van der Waals surface area contributed by atoms with E-state index < -0.39 is 0 Å². The summed E-state index contributed by atoms with van der Waals surface area (Å²) in [7, 11) is 3.55. The van der Waals surface area contributed by atoms with Gasteiger partial charge in [0.15, 0.2) is 5.82 Å². The minimum atomic E-state index is 0.143. The van der Waals surface area contributed by atoms with Crippen LogP contribution in [0, 0.1) is 0 Å². The van der Waals surface area contributed by atoms with Crippen LogP contribution in [0.3, 0.4) is 0 Å². The number of methoxy groups -OCH3 is 1. The summed E-state index contributed by atoms with van der Waals surface area (Å²) in [5.74, 6) is 0.831. The van der Waals surface area contributed by atoms with Crippen molar-refractivity contribution in [2.75, 3.05) is 20.8 Å². The molecule has 0 bridgehead atoms. The average molecular weight is 199 g/mol. The standard InChI is InChI=1S/C8H17N5O/c1-6(5-14-4)13-8(7(2)9-3)10-11-12-13/h6-7,9H,5H2,1-4H3. The Kier molecular flexibility index (Phi) is 3.97. The van der Waals surface area contributed by atoms with Crippen molar-refractivity contribution >= 4 is 0 Å². The predicted octanol–water partition coefficient (Wildman–Crippen LogP) is 0.161. The summed E-state index contributed by atoms with van der Waals surface area (Å²) in [5.41, 5.74) is 0. The lowest BCUT2D eigenvalue weighted by atomic mass is 10.3. The number of hydrogen-bond acceptors (Lipinski definition) is 5. The second kappa shape index (κ2) is 5.02. The van der Waals surface area contributed by atoms with Gasteiger partial charge in [-0.25, -0.2) is 4.68 Å². The van der Waals surface area contributed by atoms with Crippen LogP contribution < -0.4 is 5.32 Å². The molecule has 1 aromatic rings. The Hall–Kier alpha value is -1.01. The lowest BCUT2D eigenvalue weighted by molar-refractivity contribution is 0.153. The van der Waals surface area contributed by atoms with E-state index in [1.807, 2.05) is 20.9 Å². The van der Waals surface area contributed by atoms with Gasteiger partial charge in [0, 0.05) is 7.11 Å². The van der Waals surface area contributed by atoms with Gasteiger partial charge in [-0.05, 0) is 31.3 Å². The van der Waals surface area contributed by atoms with Crippen LogP contribution in [-0.2, 0) is 4.74 Å². The molecule has 80 valence electrons. The van der Waals surface area contributed by atoms with Crippen molar-refractivity contribution < 1.29 is 4.74 Å². The summed E-state index contributed by atoms with van der Waals surface area (Å²) in [6, 6.07) is 0.296. The van der Waals surface area contributed by atoms with E-state index in [9.17, 15) is 0 Å². The summed E-state index contributed by atoms with van der Waals surface area (Å²) in [6.45, 7) is 4.64. The van der Waals surface area contributed by atoms with Crippen LogP contribution in [0.15, 0.2) is 0 Å². The highest BCUT2D eigenvalue weighted by Gasteiger charge is 2.16. The molecule has 2 unspecified atom stereocenters. The summed E-state index contributed by atoms with van der Waals surface area (Å²) < 4.78 is 6.84. The second-order valence-electron chi connectivity index (χ2n) is 3.30. The molecule has 1 N–H and O–H groups in total. The Morgan fingerprint density at radius 1 is 1.50 bits per heavy atom. The van der Waals surface area contributed by atoms with E-state index in [0.717, 1.165) is 5.82 Å². The van der Waals surface area contributed by atoms with Gasteiger partial charge in [0.05, 0.1) is 18.7 Å².